The van der Waals surface area contributed by atoms with E-state index in [1.165, 1.54) is 12.1 Å². The number of alkyl halides is 3. The van der Waals surface area contributed by atoms with E-state index in [4.69, 9.17) is 17.5 Å². The number of anilines is 1. The average molecular weight is 363 g/mol. The monoisotopic (exact) mass is 363 g/mol. The smallest absolute Gasteiger partial charge is 0.344 e. The van der Waals surface area contributed by atoms with E-state index in [0.29, 0.717) is 13.1 Å². The summed E-state index contributed by atoms with van der Waals surface area (Å²) in [5, 5.41) is 11.9. The highest BCUT2D eigenvalue weighted by molar-refractivity contribution is 7.80. The molecule has 0 saturated heterocycles. The molecule has 0 aromatic heterocycles. The van der Waals surface area contributed by atoms with Crippen molar-refractivity contribution in [3.8, 4) is 6.07 Å². The molecule has 2 rings (SSSR count). The van der Waals surface area contributed by atoms with Gasteiger partial charge >= 0.3 is 6.18 Å². The summed E-state index contributed by atoms with van der Waals surface area (Å²) in [6.07, 6.45) is -4.15. The van der Waals surface area contributed by atoms with Crippen molar-refractivity contribution < 1.29 is 13.2 Å². The standard InChI is InChI=1S/C18H16F3N3S/c19-18(20,21)15-8-4-9-16(12-15)23-17(25)24(11-5-10-22)13-14-6-2-1-3-7-14/h1-4,6-9,12H,5,11,13H2,(H,23,25). The molecule has 7 heteroatoms. The van der Waals surface area contributed by atoms with Gasteiger partial charge in [0.25, 0.3) is 0 Å². The van der Waals surface area contributed by atoms with Crippen molar-refractivity contribution in [3.63, 3.8) is 0 Å². The van der Waals surface area contributed by atoms with Gasteiger partial charge in [-0.3, -0.25) is 0 Å². The molecule has 25 heavy (non-hydrogen) atoms. The molecule has 0 amide bonds. The number of hydrogen-bond donors (Lipinski definition) is 1. The minimum Gasteiger partial charge on any atom is -0.344 e. The van der Waals surface area contributed by atoms with Crippen molar-refractivity contribution in [3.05, 3.63) is 65.7 Å². The highest BCUT2D eigenvalue weighted by Gasteiger charge is 2.30. The van der Waals surface area contributed by atoms with Crippen LogP contribution in [0.25, 0.3) is 0 Å². The second kappa shape index (κ2) is 8.49. The van der Waals surface area contributed by atoms with Crippen LogP contribution in [0.5, 0.6) is 0 Å². The molecule has 0 saturated carbocycles. The summed E-state index contributed by atoms with van der Waals surface area (Å²) >= 11 is 5.33. The van der Waals surface area contributed by atoms with Gasteiger partial charge in [0.2, 0.25) is 0 Å². The van der Waals surface area contributed by atoms with Gasteiger partial charge in [-0.05, 0) is 36.0 Å². The Morgan fingerprint density at radius 3 is 2.48 bits per heavy atom. The number of halogens is 3. The van der Waals surface area contributed by atoms with E-state index >= 15 is 0 Å². The topological polar surface area (TPSA) is 39.1 Å². The number of benzene rings is 2. The minimum atomic E-state index is -4.41. The quantitative estimate of drug-likeness (QED) is 0.773. The molecule has 0 radical (unpaired) electrons. The Bertz CT molecular complexity index is 754. The van der Waals surface area contributed by atoms with Crippen molar-refractivity contribution in [2.24, 2.45) is 0 Å². The molecule has 0 aliphatic rings. The summed E-state index contributed by atoms with van der Waals surface area (Å²) in [5.74, 6) is 0. The molecule has 0 aliphatic heterocycles. The molecule has 3 nitrogen and oxygen atoms in total. The van der Waals surface area contributed by atoms with Crippen molar-refractivity contribution in [1.82, 2.24) is 4.90 Å². The largest absolute Gasteiger partial charge is 0.416 e. The lowest BCUT2D eigenvalue weighted by molar-refractivity contribution is -0.137. The molecule has 0 atom stereocenters. The summed E-state index contributed by atoms with van der Waals surface area (Å²) in [6.45, 7) is 0.851. The molecular formula is C18H16F3N3S. The van der Waals surface area contributed by atoms with Crippen molar-refractivity contribution in [2.75, 3.05) is 11.9 Å². The Kier molecular flexibility index (Phi) is 6.37. The maximum Gasteiger partial charge on any atom is 0.416 e. The maximum atomic E-state index is 12.8. The van der Waals surface area contributed by atoms with Crippen LogP contribution in [0.4, 0.5) is 18.9 Å². The first kappa shape index (κ1) is 18.7. The average Bonchev–Trinajstić information content (AvgIpc) is 2.59. The Morgan fingerprint density at radius 1 is 1.12 bits per heavy atom. The van der Waals surface area contributed by atoms with Crippen LogP contribution in [-0.2, 0) is 12.7 Å². The highest BCUT2D eigenvalue weighted by atomic mass is 32.1. The maximum absolute atomic E-state index is 12.8. The molecule has 1 N–H and O–H groups in total. The van der Waals surface area contributed by atoms with Gasteiger partial charge < -0.3 is 10.2 Å². The van der Waals surface area contributed by atoms with E-state index < -0.39 is 11.7 Å². The molecule has 0 bridgehead atoms. The van der Waals surface area contributed by atoms with Gasteiger partial charge in [-0.2, -0.15) is 18.4 Å². The predicted octanol–water partition coefficient (Wildman–Crippen LogP) is 4.82. The van der Waals surface area contributed by atoms with Crippen LogP contribution in [-0.4, -0.2) is 16.6 Å². The lowest BCUT2D eigenvalue weighted by Gasteiger charge is -2.25. The second-order valence-electron chi connectivity index (χ2n) is 5.32. The van der Waals surface area contributed by atoms with Crippen LogP contribution in [0.15, 0.2) is 54.6 Å². The molecule has 0 spiro atoms. The van der Waals surface area contributed by atoms with Gasteiger partial charge in [-0.15, -0.1) is 0 Å². The molecule has 0 fully saturated rings. The van der Waals surface area contributed by atoms with E-state index in [1.54, 1.807) is 4.90 Å². The third-order valence-corrected chi connectivity index (χ3v) is 3.80. The van der Waals surface area contributed by atoms with Crippen molar-refractivity contribution in [2.45, 2.75) is 19.1 Å². The van der Waals surface area contributed by atoms with Crippen LogP contribution < -0.4 is 5.32 Å². The fourth-order valence-electron chi connectivity index (χ4n) is 2.22. The van der Waals surface area contributed by atoms with Crippen molar-refractivity contribution in [1.29, 1.82) is 5.26 Å². The molecular weight excluding hydrogens is 347 g/mol. The van der Waals surface area contributed by atoms with Gasteiger partial charge in [0.15, 0.2) is 5.11 Å². The molecule has 0 unspecified atom stereocenters. The number of hydrogen-bond acceptors (Lipinski definition) is 2. The first-order chi connectivity index (χ1) is 11.9. The van der Waals surface area contributed by atoms with E-state index in [0.717, 1.165) is 17.7 Å². The fraction of sp³-hybridized carbons (Fsp3) is 0.222. The van der Waals surface area contributed by atoms with Gasteiger partial charge in [0.05, 0.1) is 18.1 Å². The van der Waals surface area contributed by atoms with Gasteiger partial charge in [0, 0.05) is 18.8 Å². The van der Waals surface area contributed by atoms with E-state index in [2.05, 4.69) is 11.4 Å². The summed E-state index contributed by atoms with van der Waals surface area (Å²) < 4.78 is 38.4. The van der Waals surface area contributed by atoms with Gasteiger partial charge in [-0.1, -0.05) is 36.4 Å². The van der Waals surface area contributed by atoms with Gasteiger partial charge in [0.1, 0.15) is 0 Å². The number of nitriles is 1. The van der Waals surface area contributed by atoms with E-state index in [-0.39, 0.29) is 17.2 Å². The molecule has 2 aromatic rings. The molecule has 130 valence electrons. The lowest BCUT2D eigenvalue weighted by atomic mass is 10.2. The Balaban J connectivity index is 2.12. The van der Waals surface area contributed by atoms with Crippen LogP contribution in [0, 0.1) is 11.3 Å². The molecule has 0 heterocycles. The van der Waals surface area contributed by atoms with Gasteiger partial charge in [-0.25, -0.2) is 0 Å². The Labute approximate surface area is 149 Å². The second-order valence-corrected chi connectivity index (χ2v) is 5.71. The first-order valence-corrected chi connectivity index (χ1v) is 7.95. The van der Waals surface area contributed by atoms with Crippen LogP contribution in [0.1, 0.15) is 17.5 Å². The normalized spacial score (nSPS) is 10.8. The zero-order chi connectivity index (χ0) is 18.3. The SMILES string of the molecule is N#CCCN(Cc1ccccc1)C(=S)Nc1cccc(C(F)(F)F)c1. The minimum absolute atomic E-state index is 0.259. The summed E-state index contributed by atoms with van der Waals surface area (Å²) in [6, 6.07) is 16.4. The van der Waals surface area contributed by atoms with Crippen molar-refractivity contribution >= 4 is 23.0 Å². The van der Waals surface area contributed by atoms with Crippen LogP contribution >= 0.6 is 12.2 Å². The zero-order valence-electron chi connectivity index (χ0n) is 13.3. The predicted molar refractivity (Wildman–Crippen MR) is 94.7 cm³/mol. The third kappa shape index (κ3) is 5.76. The molecule has 0 aliphatic carbocycles. The first-order valence-electron chi connectivity index (χ1n) is 7.54. The number of nitrogens with one attached hydrogen (secondary N) is 1. The summed E-state index contributed by atoms with van der Waals surface area (Å²) in [5.41, 5.74) is 0.510. The molecule has 2 aromatic carbocycles. The third-order valence-electron chi connectivity index (χ3n) is 3.44. The van der Waals surface area contributed by atoms with E-state index in [9.17, 15) is 13.2 Å². The zero-order valence-corrected chi connectivity index (χ0v) is 14.1. The highest BCUT2D eigenvalue weighted by Crippen LogP contribution is 2.30. The Morgan fingerprint density at radius 2 is 1.84 bits per heavy atom. The lowest BCUT2D eigenvalue weighted by Crippen LogP contribution is -2.35. The van der Waals surface area contributed by atoms with E-state index in [1.807, 2.05) is 30.3 Å². The summed E-state index contributed by atoms with van der Waals surface area (Å²) in [4.78, 5) is 1.76. The number of nitrogens with zero attached hydrogens (tertiary/aromatic N) is 2. The summed E-state index contributed by atoms with van der Waals surface area (Å²) in [7, 11) is 0. The van der Waals surface area contributed by atoms with Crippen LogP contribution in [0.2, 0.25) is 0 Å². The number of thiocarbonyl (C=S) groups is 1. The fourth-order valence-corrected chi connectivity index (χ4v) is 2.49. The number of rotatable bonds is 5. The Hall–Kier alpha value is -2.59. The van der Waals surface area contributed by atoms with Crippen LogP contribution in [0.3, 0.4) is 0 Å².